The van der Waals surface area contributed by atoms with Crippen molar-refractivity contribution in [2.75, 3.05) is 6.61 Å². The molecule has 0 saturated carbocycles. The summed E-state index contributed by atoms with van der Waals surface area (Å²) in [6.07, 6.45) is -4.22. The van der Waals surface area contributed by atoms with Crippen LogP contribution in [0.2, 0.25) is 0 Å². The molecule has 0 spiro atoms. The first-order chi connectivity index (χ1) is 11.9. The van der Waals surface area contributed by atoms with Gasteiger partial charge < -0.3 is 24.6 Å². The van der Waals surface area contributed by atoms with Crippen LogP contribution in [0.15, 0.2) is 36.4 Å². The van der Waals surface area contributed by atoms with E-state index < -0.39 is 12.4 Å². The van der Waals surface area contributed by atoms with Gasteiger partial charge in [0.25, 0.3) is 0 Å². The lowest BCUT2D eigenvalue weighted by molar-refractivity contribution is -0.286. The zero-order chi connectivity index (χ0) is 17.6. The molecule has 2 heterocycles. The number of halogens is 2. The van der Waals surface area contributed by atoms with Gasteiger partial charge in [0.2, 0.25) is 0 Å². The molecule has 2 aromatic rings. The van der Waals surface area contributed by atoms with E-state index in [1.807, 2.05) is 0 Å². The van der Waals surface area contributed by atoms with Gasteiger partial charge in [-0.1, -0.05) is 18.2 Å². The summed E-state index contributed by atoms with van der Waals surface area (Å²) in [6.45, 7) is 0.384. The molecule has 8 heteroatoms. The maximum absolute atomic E-state index is 13.1. The van der Waals surface area contributed by atoms with Gasteiger partial charge in [-0.2, -0.15) is 0 Å². The second-order valence-corrected chi connectivity index (χ2v) is 5.72. The fraction of sp³-hybridized carbons (Fsp3) is 0.235. The molecule has 130 valence electrons. The summed E-state index contributed by atoms with van der Waals surface area (Å²) >= 11 is 0. The Balaban J connectivity index is 1.66. The van der Waals surface area contributed by atoms with E-state index in [2.05, 4.69) is 14.8 Å². The number of nitrogens with one attached hydrogen (secondary N) is 1. The summed E-state index contributed by atoms with van der Waals surface area (Å²) < 4.78 is 40.7. The predicted octanol–water partition coefficient (Wildman–Crippen LogP) is 3.77. The Labute approximate surface area is 140 Å². The van der Waals surface area contributed by atoms with Gasteiger partial charge in [-0.3, -0.25) is 0 Å². The highest BCUT2D eigenvalue weighted by molar-refractivity contribution is 5.70. The van der Waals surface area contributed by atoms with Gasteiger partial charge in [-0.25, -0.2) is 4.79 Å². The molecule has 1 atom stereocenters. The van der Waals surface area contributed by atoms with Gasteiger partial charge in [-0.15, -0.1) is 8.78 Å². The van der Waals surface area contributed by atoms with E-state index in [1.54, 1.807) is 24.3 Å². The van der Waals surface area contributed by atoms with Crippen LogP contribution in [0.5, 0.6) is 17.2 Å². The molecule has 6 nitrogen and oxygen atoms in total. The zero-order valence-corrected chi connectivity index (χ0v) is 12.8. The Bertz CT molecular complexity index is 855. The van der Waals surface area contributed by atoms with E-state index in [0.717, 1.165) is 11.1 Å². The number of ether oxygens (including phenoxy) is 3. The van der Waals surface area contributed by atoms with Gasteiger partial charge in [0, 0.05) is 12.0 Å². The highest BCUT2D eigenvalue weighted by Gasteiger charge is 2.43. The maximum atomic E-state index is 13.1. The molecule has 25 heavy (non-hydrogen) atoms. The minimum atomic E-state index is -3.66. The Morgan fingerprint density at radius 3 is 2.52 bits per heavy atom. The van der Waals surface area contributed by atoms with E-state index in [1.165, 1.54) is 12.1 Å². The van der Waals surface area contributed by atoms with Crippen LogP contribution in [0.1, 0.15) is 18.0 Å². The van der Waals surface area contributed by atoms with Crippen molar-refractivity contribution in [2.24, 2.45) is 0 Å². The van der Waals surface area contributed by atoms with Crippen LogP contribution >= 0.6 is 0 Å². The van der Waals surface area contributed by atoms with Crippen molar-refractivity contribution in [3.05, 3.63) is 42.0 Å². The quantitative estimate of drug-likeness (QED) is 0.863. The number of rotatable bonds is 2. The smallest absolute Gasteiger partial charge is 0.493 e. The number of benzene rings is 2. The first-order valence-corrected chi connectivity index (χ1v) is 7.58. The Morgan fingerprint density at radius 1 is 1.08 bits per heavy atom. The molecule has 0 aromatic heterocycles. The van der Waals surface area contributed by atoms with Crippen LogP contribution in [-0.4, -0.2) is 24.1 Å². The van der Waals surface area contributed by atoms with Gasteiger partial charge in [0.15, 0.2) is 11.5 Å². The molecule has 0 saturated heterocycles. The van der Waals surface area contributed by atoms with Gasteiger partial charge >= 0.3 is 12.4 Å². The van der Waals surface area contributed by atoms with Crippen molar-refractivity contribution < 1.29 is 32.9 Å². The molecule has 2 N–H and O–H groups in total. The first-order valence-electron chi connectivity index (χ1n) is 7.58. The van der Waals surface area contributed by atoms with Crippen molar-refractivity contribution in [2.45, 2.75) is 18.8 Å². The molecule has 1 amide bonds. The van der Waals surface area contributed by atoms with Crippen LogP contribution in [-0.2, 0) is 0 Å². The molecule has 0 fully saturated rings. The summed E-state index contributed by atoms with van der Waals surface area (Å²) in [7, 11) is 0. The molecule has 2 aliphatic rings. The normalized spacial score (nSPS) is 19.7. The standard InChI is InChI=1S/C17H13F2NO5/c18-17(19)24-13-4-2-10(8-15(13)25-17)9-1-3-11-12(20-16(21)22)5-6-23-14(11)7-9/h1-4,7-8,12,20H,5-6H2,(H,21,22). The van der Waals surface area contributed by atoms with Crippen molar-refractivity contribution in [1.29, 1.82) is 0 Å². The average molecular weight is 349 g/mol. The van der Waals surface area contributed by atoms with Crippen molar-refractivity contribution in [1.82, 2.24) is 5.32 Å². The number of alkyl halides is 2. The summed E-state index contributed by atoms with van der Waals surface area (Å²) in [4.78, 5) is 10.9. The molecule has 0 radical (unpaired) electrons. The van der Waals surface area contributed by atoms with E-state index in [4.69, 9.17) is 9.84 Å². The Kier molecular flexibility index (Phi) is 3.41. The van der Waals surface area contributed by atoms with Gasteiger partial charge in [0.05, 0.1) is 12.6 Å². The van der Waals surface area contributed by atoms with Crippen molar-refractivity contribution in [3.63, 3.8) is 0 Å². The number of amides is 1. The zero-order valence-electron chi connectivity index (χ0n) is 12.8. The van der Waals surface area contributed by atoms with E-state index >= 15 is 0 Å². The third-order valence-corrected chi connectivity index (χ3v) is 4.09. The van der Waals surface area contributed by atoms with Crippen LogP contribution in [0, 0.1) is 0 Å². The summed E-state index contributed by atoms with van der Waals surface area (Å²) in [5.74, 6) is 0.505. The molecule has 2 aromatic carbocycles. The lowest BCUT2D eigenvalue weighted by Gasteiger charge is -2.26. The van der Waals surface area contributed by atoms with Crippen molar-refractivity contribution in [3.8, 4) is 28.4 Å². The number of hydrogen-bond donors (Lipinski definition) is 2. The van der Waals surface area contributed by atoms with E-state index in [-0.39, 0.29) is 17.5 Å². The lowest BCUT2D eigenvalue weighted by atomic mass is 9.96. The maximum Gasteiger partial charge on any atom is 0.586 e. The van der Waals surface area contributed by atoms with Crippen LogP contribution in [0.3, 0.4) is 0 Å². The topological polar surface area (TPSA) is 77.0 Å². The minimum Gasteiger partial charge on any atom is -0.493 e. The van der Waals surface area contributed by atoms with Crippen LogP contribution < -0.4 is 19.5 Å². The molecular weight excluding hydrogens is 336 g/mol. The average Bonchev–Trinajstić information content (AvgIpc) is 2.87. The fourth-order valence-corrected chi connectivity index (χ4v) is 3.00. The second kappa shape index (κ2) is 5.51. The largest absolute Gasteiger partial charge is 0.586 e. The molecule has 1 unspecified atom stereocenters. The summed E-state index contributed by atoms with van der Waals surface area (Å²) in [6, 6.07) is 9.48. The molecule has 0 aliphatic carbocycles. The third kappa shape index (κ3) is 2.90. The van der Waals surface area contributed by atoms with Gasteiger partial charge in [-0.05, 0) is 29.3 Å². The number of carbonyl (C=O) groups is 1. The Hall–Kier alpha value is -3.03. The molecule has 4 rings (SSSR count). The minimum absolute atomic E-state index is 0.0197. The van der Waals surface area contributed by atoms with Crippen LogP contribution in [0.4, 0.5) is 13.6 Å². The monoisotopic (exact) mass is 349 g/mol. The number of carboxylic acid groups (broad SMARTS) is 1. The first kappa shape index (κ1) is 15.5. The Morgan fingerprint density at radius 2 is 1.76 bits per heavy atom. The van der Waals surface area contributed by atoms with Gasteiger partial charge in [0.1, 0.15) is 5.75 Å². The van der Waals surface area contributed by atoms with E-state index in [0.29, 0.717) is 24.3 Å². The highest BCUT2D eigenvalue weighted by Crippen LogP contribution is 2.44. The highest BCUT2D eigenvalue weighted by atomic mass is 19.3. The SMILES string of the molecule is O=C(O)NC1CCOc2cc(-c3ccc4c(c3)OC(F)(F)O4)ccc21. The molecule has 0 bridgehead atoms. The third-order valence-electron chi connectivity index (χ3n) is 4.09. The number of fused-ring (bicyclic) bond motifs is 2. The van der Waals surface area contributed by atoms with E-state index in [9.17, 15) is 13.6 Å². The molecular formula is C17H13F2NO5. The predicted molar refractivity (Wildman–Crippen MR) is 82.1 cm³/mol. The second-order valence-electron chi connectivity index (χ2n) is 5.72. The lowest BCUT2D eigenvalue weighted by Crippen LogP contribution is -2.30. The van der Waals surface area contributed by atoms with Crippen LogP contribution in [0.25, 0.3) is 11.1 Å². The number of hydrogen-bond acceptors (Lipinski definition) is 4. The molecule has 2 aliphatic heterocycles. The summed E-state index contributed by atoms with van der Waals surface area (Å²) in [5, 5.41) is 11.4. The fourth-order valence-electron chi connectivity index (χ4n) is 3.00. The summed E-state index contributed by atoms with van der Waals surface area (Å²) in [5.41, 5.74) is 2.13. The van der Waals surface area contributed by atoms with Crippen molar-refractivity contribution >= 4 is 6.09 Å².